The lowest BCUT2D eigenvalue weighted by Crippen LogP contribution is -2.35. The summed E-state index contributed by atoms with van der Waals surface area (Å²) in [5.74, 6) is 0.125. The molecule has 8 heteroatoms. The van der Waals surface area contributed by atoms with Gasteiger partial charge in [0.1, 0.15) is 12.4 Å². The zero-order valence-electron chi connectivity index (χ0n) is 16.7. The Bertz CT molecular complexity index is 853. The van der Waals surface area contributed by atoms with Crippen molar-refractivity contribution in [2.24, 2.45) is 0 Å². The monoisotopic (exact) mass is 415 g/mol. The van der Waals surface area contributed by atoms with Gasteiger partial charge < -0.3 is 19.7 Å². The lowest BCUT2D eigenvalue weighted by Gasteiger charge is -2.16. The van der Waals surface area contributed by atoms with E-state index in [1.165, 1.54) is 4.90 Å². The number of rotatable bonds is 8. The van der Waals surface area contributed by atoms with Crippen LogP contribution < -0.4 is 15.4 Å². The summed E-state index contributed by atoms with van der Waals surface area (Å²) >= 11 is 5.23. The molecule has 0 heterocycles. The van der Waals surface area contributed by atoms with Gasteiger partial charge in [0.05, 0.1) is 17.9 Å². The molecule has 2 aromatic rings. The van der Waals surface area contributed by atoms with Crippen LogP contribution in [0.3, 0.4) is 0 Å². The molecule has 2 N–H and O–H groups in total. The van der Waals surface area contributed by atoms with Gasteiger partial charge in [-0.15, -0.1) is 0 Å². The van der Waals surface area contributed by atoms with Gasteiger partial charge >= 0.3 is 0 Å². The third kappa shape index (κ3) is 6.85. The number of carbonyl (C=O) groups excluding carboxylic acids is 2. The van der Waals surface area contributed by atoms with Crippen molar-refractivity contribution in [2.45, 2.75) is 6.92 Å². The number of hydrogen-bond donors (Lipinski definition) is 2. The lowest BCUT2D eigenvalue weighted by molar-refractivity contribution is 0.0828. The summed E-state index contributed by atoms with van der Waals surface area (Å²) in [5, 5.41) is 5.63. The quantitative estimate of drug-likeness (QED) is 0.510. The number of anilines is 1. The number of hydrogen-bond acceptors (Lipinski definition) is 5. The zero-order valence-corrected chi connectivity index (χ0v) is 17.5. The molecule has 2 rings (SSSR count). The Morgan fingerprint density at radius 3 is 2.38 bits per heavy atom. The minimum absolute atomic E-state index is 0.103. The second-order valence-electron chi connectivity index (χ2n) is 6.22. The summed E-state index contributed by atoms with van der Waals surface area (Å²) in [4.78, 5) is 26.2. The van der Waals surface area contributed by atoms with E-state index in [2.05, 4.69) is 10.6 Å². The number of ether oxygens (including phenoxy) is 2. The van der Waals surface area contributed by atoms with Crippen LogP contribution in [0.5, 0.6) is 5.75 Å². The molecule has 0 fully saturated rings. The maximum Gasteiger partial charge on any atom is 0.257 e. The third-order valence-electron chi connectivity index (χ3n) is 3.86. The summed E-state index contributed by atoms with van der Waals surface area (Å²) in [6, 6.07) is 13.7. The summed E-state index contributed by atoms with van der Waals surface area (Å²) in [6.07, 6.45) is 0. The first kappa shape index (κ1) is 22.3. The molecule has 0 radical (unpaired) electrons. The lowest BCUT2D eigenvalue weighted by atomic mass is 10.1. The van der Waals surface area contributed by atoms with E-state index in [9.17, 15) is 9.59 Å². The first-order valence-electron chi connectivity index (χ1n) is 9.16. The smallest absolute Gasteiger partial charge is 0.257 e. The highest BCUT2D eigenvalue weighted by Gasteiger charge is 2.14. The fourth-order valence-electron chi connectivity index (χ4n) is 2.41. The molecular weight excluding hydrogens is 390 g/mol. The maximum absolute atomic E-state index is 12.4. The number of benzene rings is 2. The number of carbonyl (C=O) groups is 2. The van der Waals surface area contributed by atoms with Crippen molar-refractivity contribution in [3.8, 4) is 5.75 Å². The van der Waals surface area contributed by atoms with Crippen LogP contribution >= 0.6 is 12.2 Å². The highest BCUT2D eigenvalue weighted by molar-refractivity contribution is 7.80. The first-order valence-corrected chi connectivity index (χ1v) is 9.56. The van der Waals surface area contributed by atoms with Crippen molar-refractivity contribution >= 4 is 34.8 Å². The van der Waals surface area contributed by atoms with Gasteiger partial charge in [0.15, 0.2) is 5.11 Å². The third-order valence-corrected chi connectivity index (χ3v) is 4.06. The fourth-order valence-corrected chi connectivity index (χ4v) is 2.62. The molecule has 0 aliphatic carbocycles. The second-order valence-corrected chi connectivity index (χ2v) is 6.63. The molecule has 2 aromatic carbocycles. The van der Waals surface area contributed by atoms with Gasteiger partial charge in [0.2, 0.25) is 0 Å². The molecule has 0 saturated carbocycles. The van der Waals surface area contributed by atoms with Gasteiger partial charge in [-0.3, -0.25) is 14.9 Å². The molecule has 0 aliphatic heterocycles. The van der Waals surface area contributed by atoms with E-state index < -0.39 is 0 Å². The highest BCUT2D eigenvalue weighted by Crippen LogP contribution is 2.17. The first-order chi connectivity index (χ1) is 13.9. The van der Waals surface area contributed by atoms with Crippen LogP contribution in [-0.2, 0) is 4.74 Å². The van der Waals surface area contributed by atoms with Gasteiger partial charge in [-0.25, -0.2) is 0 Å². The molecule has 0 spiro atoms. The second kappa shape index (κ2) is 11.1. The van der Waals surface area contributed by atoms with Crippen molar-refractivity contribution in [1.82, 2.24) is 10.2 Å². The fraction of sp³-hybridized carbons (Fsp3) is 0.286. The van der Waals surface area contributed by atoms with Crippen LogP contribution in [0.15, 0.2) is 48.5 Å². The van der Waals surface area contributed by atoms with Gasteiger partial charge in [-0.05, 0) is 55.5 Å². The van der Waals surface area contributed by atoms with Crippen LogP contribution in [0, 0.1) is 0 Å². The highest BCUT2D eigenvalue weighted by atomic mass is 32.1. The summed E-state index contributed by atoms with van der Waals surface area (Å²) in [6.45, 7) is 3.52. The van der Waals surface area contributed by atoms with E-state index >= 15 is 0 Å². The van der Waals surface area contributed by atoms with Crippen LogP contribution in [0.2, 0.25) is 0 Å². The largest absolute Gasteiger partial charge is 0.491 e. The maximum atomic E-state index is 12.4. The number of thiocarbonyl (C=S) groups is 1. The van der Waals surface area contributed by atoms with E-state index in [-0.39, 0.29) is 16.9 Å². The van der Waals surface area contributed by atoms with Gasteiger partial charge in [0, 0.05) is 26.3 Å². The topological polar surface area (TPSA) is 79.9 Å². The molecule has 0 unspecified atom stereocenters. The Balaban J connectivity index is 1.94. The number of nitrogens with zero attached hydrogens (tertiary/aromatic N) is 1. The molecule has 29 heavy (non-hydrogen) atoms. The van der Waals surface area contributed by atoms with E-state index in [0.717, 1.165) is 0 Å². The molecule has 0 bridgehead atoms. The minimum atomic E-state index is -0.361. The molecular formula is C21H25N3O4S. The number of nitrogens with one attached hydrogen (secondary N) is 2. The number of para-hydroxylation sites is 1. The average molecular weight is 416 g/mol. The normalized spacial score (nSPS) is 10.2. The van der Waals surface area contributed by atoms with Crippen molar-refractivity contribution in [3.05, 3.63) is 59.7 Å². The Morgan fingerprint density at radius 2 is 1.72 bits per heavy atom. The van der Waals surface area contributed by atoms with E-state index in [0.29, 0.717) is 42.4 Å². The molecule has 2 amide bonds. The van der Waals surface area contributed by atoms with Crippen molar-refractivity contribution in [2.75, 3.05) is 39.2 Å². The molecule has 0 saturated heterocycles. The average Bonchev–Trinajstić information content (AvgIpc) is 2.71. The Morgan fingerprint density at radius 1 is 1.03 bits per heavy atom. The van der Waals surface area contributed by atoms with E-state index in [4.69, 9.17) is 21.7 Å². The van der Waals surface area contributed by atoms with Crippen molar-refractivity contribution < 1.29 is 19.1 Å². The Labute approximate surface area is 176 Å². The molecule has 0 atom stereocenters. The predicted molar refractivity (Wildman–Crippen MR) is 117 cm³/mol. The van der Waals surface area contributed by atoms with Crippen LogP contribution in [-0.4, -0.2) is 55.7 Å². The van der Waals surface area contributed by atoms with Crippen LogP contribution in [0.4, 0.5) is 5.69 Å². The summed E-state index contributed by atoms with van der Waals surface area (Å²) < 4.78 is 10.7. The Kier molecular flexibility index (Phi) is 8.57. The molecule has 154 valence electrons. The summed E-state index contributed by atoms with van der Waals surface area (Å²) in [5.41, 5.74) is 1.42. The Hall–Kier alpha value is -2.97. The molecule has 0 aliphatic rings. The zero-order chi connectivity index (χ0) is 21.2. The minimum Gasteiger partial charge on any atom is -0.491 e. The van der Waals surface area contributed by atoms with Crippen LogP contribution in [0.25, 0.3) is 0 Å². The SMILES string of the molecule is CCOCCOc1ccc(C(=O)NC(=S)Nc2ccccc2C(=O)N(C)C)cc1. The van der Waals surface area contributed by atoms with Crippen molar-refractivity contribution in [1.29, 1.82) is 0 Å². The molecule has 7 nitrogen and oxygen atoms in total. The van der Waals surface area contributed by atoms with Crippen LogP contribution in [0.1, 0.15) is 27.6 Å². The van der Waals surface area contributed by atoms with E-state index in [1.54, 1.807) is 62.6 Å². The van der Waals surface area contributed by atoms with Gasteiger partial charge in [-0.2, -0.15) is 0 Å². The van der Waals surface area contributed by atoms with E-state index in [1.807, 2.05) is 6.92 Å². The predicted octanol–water partition coefficient (Wildman–Crippen LogP) is 2.93. The van der Waals surface area contributed by atoms with Crippen molar-refractivity contribution in [3.63, 3.8) is 0 Å². The standard InChI is InChI=1S/C21H25N3O4S/c1-4-27-13-14-28-16-11-9-15(10-12-16)19(25)23-21(29)22-18-8-6-5-7-17(18)20(26)24(2)3/h5-12H,4,13-14H2,1-3H3,(H2,22,23,25,29). The van der Waals surface area contributed by atoms with Gasteiger partial charge in [0.25, 0.3) is 11.8 Å². The van der Waals surface area contributed by atoms with Gasteiger partial charge in [-0.1, -0.05) is 12.1 Å². The number of amides is 2. The molecule has 0 aromatic heterocycles. The summed E-state index contributed by atoms with van der Waals surface area (Å²) in [7, 11) is 3.34.